The zero-order chi connectivity index (χ0) is 35.0. The number of carbonyl (C=O) groups excluding carboxylic acids is 3. The maximum atomic E-state index is 13.6. The van der Waals surface area contributed by atoms with Crippen LogP contribution in [-0.4, -0.2) is 17.7 Å². The second-order valence-corrected chi connectivity index (χ2v) is 12.5. The van der Waals surface area contributed by atoms with Gasteiger partial charge < -0.3 is 16.0 Å². The van der Waals surface area contributed by atoms with Crippen molar-refractivity contribution in [3.63, 3.8) is 0 Å². The van der Waals surface area contributed by atoms with Gasteiger partial charge in [-0.2, -0.15) is 13.2 Å². The summed E-state index contributed by atoms with van der Waals surface area (Å²) < 4.78 is 40.1. The van der Waals surface area contributed by atoms with E-state index in [2.05, 4.69) is 16.0 Å². The predicted octanol–water partition coefficient (Wildman–Crippen LogP) is 9.89. The molecule has 0 aliphatic heterocycles. The summed E-state index contributed by atoms with van der Waals surface area (Å²) in [6.07, 6.45) is -3.11. The van der Waals surface area contributed by atoms with Crippen LogP contribution in [0.3, 0.4) is 0 Å². The molecule has 1 unspecified atom stereocenters. The van der Waals surface area contributed by atoms with E-state index in [9.17, 15) is 27.6 Å². The van der Waals surface area contributed by atoms with E-state index >= 15 is 0 Å². The van der Waals surface area contributed by atoms with Gasteiger partial charge in [0.15, 0.2) is 0 Å². The van der Waals surface area contributed by atoms with E-state index in [0.717, 1.165) is 30.0 Å². The third kappa shape index (κ3) is 9.76. The topological polar surface area (TPSA) is 87.3 Å². The first-order valence-corrected chi connectivity index (χ1v) is 16.2. The molecule has 12 heteroatoms. The van der Waals surface area contributed by atoms with E-state index in [-0.39, 0.29) is 16.4 Å². The van der Waals surface area contributed by atoms with Gasteiger partial charge in [0.1, 0.15) is 10.9 Å². The maximum Gasteiger partial charge on any atom is 0.416 e. The highest BCUT2D eigenvalue weighted by Crippen LogP contribution is 2.39. The van der Waals surface area contributed by atoms with Crippen LogP contribution in [0.2, 0.25) is 10.0 Å². The zero-order valence-corrected chi connectivity index (χ0v) is 27.6. The van der Waals surface area contributed by atoms with Crippen LogP contribution in [0.25, 0.3) is 6.08 Å². The second-order valence-electron chi connectivity index (χ2n) is 10.5. The van der Waals surface area contributed by atoms with Crippen LogP contribution < -0.4 is 16.0 Å². The number of alkyl halides is 3. The number of benzene rings is 5. The predicted molar refractivity (Wildman–Crippen MR) is 189 cm³/mol. The van der Waals surface area contributed by atoms with Gasteiger partial charge in [-0.15, -0.1) is 11.8 Å². The van der Waals surface area contributed by atoms with Crippen molar-refractivity contribution in [2.45, 2.75) is 16.3 Å². The van der Waals surface area contributed by atoms with Gasteiger partial charge in [-0.25, -0.2) is 0 Å². The van der Waals surface area contributed by atoms with Crippen molar-refractivity contribution in [3.8, 4) is 0 Å². The Morgan fingerprint density at radius 3 is 2.08 bits per heavy atom. The van der Waals surface area contributed by atoms with Gasteiger partial charge >= 0.3 is 6.18 Å². The lowest BCUT2D eigenvalue weighted by molar-refractivity contribution is -0.137. The highest BCUT2D eigenvalue weighted by atomic mass is 35.5. The van der Waals surface area contributed by atoms with E-state index in [1.165, 1.54) is 6.08 Å². The molecule has 5 aromatic carbocycles. The first-order chi connectivity index (χ1) is 23.5. The second kappa shape index (κ2) is 15.9. The largest absolute Gasteiger partial charge is 0.416 e. The van der Waals surface area contributed by atoms with Crippen molar-refractivity contribution in [3.05, 3.63) is 165 Å². The summed E-state index contributed by atoms with van der Waals surface area (Å²) in [4.78, 5) is 40.7. The third-order valence-electron chi connectivity index (χ3n) is 6.95. The molecular formula is C37H26Cl2F3N3O3S. The van der Waals surface area contributed by atoms with E-state index in [1.54, 1.807) is 109 Å². The molecule has 0 aliphatic carbocycles. The lowest BCUT2D eigenvalue weighted by Crippen LogP contribution is -2.30. The van der Waals surface area contributed by atoms with E-state index < -0.39 is 34.7 Å². The first-order valence-electron chi connectivity index (χ1n) is 14.6. The van der Waals surface area contributed by atoms with Crippen LogP contribution in [0.5, 0.6) is 0 Å². The minimum Gasteiger partial charge on any atom is -0.323 e. The lowest BCUT2D eigenvalue weighted by Gasteiger charge is -2.19. The molecule has 0 spiro atoms. The SMILES string of the molecule is O=C(Nc1cccc(SC(C(=O)Nc2cc(C(F)(F)F)ccc2Cl)c2ccccc2)c1)/C(=C/c1ccc(Cl)cc1)NC(=O)c1ccccc1. The summed E-state index contributed by atoms with van der Waals surface area (Å²) in [5.74, 6) is -1.71. The molecule has 5 rings (SSSR count). The summed E-state index contributed by atoms with van der Waals surface area (Å²) in [5, 5.41) is 7.56. The molecule has 3 N–H and O–H groups in total. The molecule has 0 bridgehead atoms. The average molecular weight is 721 g/mol. The van der Waals surface area contributed by atoms with Gasteiger partial charge in [-0.1, -0.05) is 89.9 Å². The highest BCUT2D eigenvalue weighted by Gasteiger charge is 2.32. The van der Waals surface area contributed by atoms with Crippen LogP contribution in [0.1, 0.15) is 32.3 Å². The zero-order valence-electron chi connectivity index (χ0n) is 25.3. The lowest BCUT2D eigenvalue weighted by atomic mass is 10.1. The Labute approximate surface area is 294 Å². The van der Waals surface area contributed by atoms with Crippen LogP contribution in [-0.2, 0) is 15.8 Å². The van der Waals surface area contributed by atoms with Gasteiger partial charge in [-0.3, -0.25) is 14.4 Å². The van der Waals surface area contributed by atoms with Crippen molar-refractivity contribution in [2.24, 2.45) is 0 Å². The van der Waals surface area contributed by atoms with Crippen molar-refractivity contribution in [1.29, 1.82) is 0 Å². The van der Waals surface area contributed by atoms with E-state index in [1.807, 2.05) is 0 Å². The number of amides is 3. The van der Waals surface area contributed by atoms with Crippen LogP contribution in [0.4, 0.5) is 24.5 Å². The molecule has 6 nitrogen and oxygen atoms in total. The van der Waals surface area contributed by atoms with Crippen LogP contribution in [0.15, 0.2) is 138 Å². The fourth-order valence-corrected chi connectivity index (χ4v) is 5.92. The average Bonchev–Trinajstić information content (AvgIpc) is 3.09. The number of carbonyl (C=O) groups is 3. The standard InChI is InChI=1S/C37H26Cl2F3N3O3S/c38-27-17-14-23(15-18-27)20-32(45-34(46)25-10-5-2-6-11-25)35(47)43-28-12-7-13-29(22-28)49-33(24-8-3-1-4-9-24)36(48)44-31-21-26(37(40,41)42)16-19-30(31)39/h1-22,33H,(H,43,47)(H,44,48)(H,45,46)/b32-20-. The minimum atomic E-state index is -4.63. The smallest absolute Gasteiger partial charge is 0.323 e. The molecule has 1 atom stereocenters. The summed E-state index contributed by atoms with van der Waals surface area (Å²) in [7, 11) is 0. The number of rotatable bonds is 10. The van der Waals surface area contributed by atoms with Gasteiger partial charge in [-0.05, 0) is 77.9 Å². The molecule has 0 heterocycles. The molecule has 0 saturated heterocycles. The Morgan fingerprint density at radius 1 is 0.735 bits per heavy atom. The molecular weight excluding hydrogens is 694 g/mol. The Hall–Kier alpha value is -5.03. The van der Waals surface area contributed by atoms with Gasteiger partial charge in [0.05, 0.1) is 16.3 Å². The van der Waals surface area contributed by atoms with E-state index in [0.29, 0.717) is 32.3 Å². The molecule has 0 aromatic heterocycles. The number of anilines is 2. The van der Waals surface area contributed by atoms with Crippen LogP contribution in [0, 0.1) is 0 Å². The van der Waals surface area contributed by atoms with Gasteiger partial charge in [0.2, 0.25) is 5.91 Å². The Balaban J connectivity index is 1.39. The number of hydrogen-bond acceptors (Lipinski definition) is 4. The van der Waals surface area contributed by atoms with Gasteiger partial charge in [0, 0.05) is 21.2 Å². The Morgan fingerprint density at radius 2 is 1.41 bits per heavy atom. The number of halogens is 5. The number of hydrogen-bond donors (Lipinski definition) is 3. The molecule has 0 aliphatic rings. The Kier molecular flexibility index (Phi) is 11.5. The maximum absolute atomic E-state index is 13.6. The normalized spacial score (nSPS) is 12.1. The summed E-state index contributed by atoms with van der Waals surface area (Å²) in [6, 6.07) is 33.2. The first kappa shape index (κ1) is 35.3. The molecule has 0 radical (unpaired) electrons. The summed E-state index contributed by atoms with van der Waals surface area (Å²) in [6.45, 7) is 0. The Bertz CT molecular complexity index is 1990. The van der Waals surface area contributed by atoms with Crippen molar-refractivity contribution >= 4 is 70.1 Å². The minimum absolute atomic E-state index is 0.0336. The fraction of sp³-hybridized carbons (Fsp3) is 0.0541. The monoisotopic (exact) mass is 719 g/mol. The molecule has 3 amide bonds. The summed E-state index contributed by atoms with van der Waals surface area (Å²) >= 11 is 13.3. The third-order valence-corrected chi connectivity index (χ3v) is 8.78. The van der Waals surface area contributed by atoms with E-state index in [4.69, 9.17) is 23.2 Å². The van der Waals surface area contributed by atoms with Crippen molar-refractivity contribution in [1.82, 2.24) is 5.32 Å². The quantitative estimate of drug-likeness (QED) is 0.0991. The number of thioether (sulfide) groups is 1. The number of nitrogens with one attached hydrogen (secondary N) is 3. The molecule has 0 fully saturated rings. The molecule has 0 saturated carbocycles. The van der Waals surface area contributed by atoms with Crippen molar-refractivity contribution < 1.29 is 27.6 Å². The summed E-state index contributed by atoms with van der Waals surface area (Å²) in [5.41, 5.74) is 0.745. The fourth-order valence-electron chi connectivity index (χ4n) is 4.55. The molecule has 248 valence electrons. The van der Waals surface area contributed by atoms with Crippen LogP contribution >= 0.6 is 35.0 Å². The molecule has 49 heavy (non-hydrogen) atoms. The highest BCUT2D eigenvalue weighted by molar-refractivity contribution is 8.00. The van der Waals surface area contributed by atoms with Crippen molar-refractivity contribution in [2.75, 3.05) is 10.6 Å². The van der Waals surface area contributed by atoms with Gasteiger partial charge in [0.25, 0.3) is 11.8 Å². The molecule has 5 aromatic rings.